The van der Waals surface area contributed by atoms with Crippen molar-refractivity contribution in [3.63, 3.8) is 0 Å². The van der Waals surface area contributed by atoms with Crippen LogP contribution in [0.3, 0.4) is 0 Å². The first-order valence-electron chi connectivity index (χ1n) is 1.32. The maximum atomic E-state index is 10.6. The molecule has 48 valence electrons. The first-order chi connectivity index (χ1) is 3.42. The summed E-state index contributed by atoms with van der Waals surface area (Å²) < 4.78 is 31.9. The first-order valence-corrected chi connectivity index (χ1v) is 1.32. The van der Waals surface area contributed by atoms with Gasteiger partial charge in [0, 0.05) is 0 Å². The van der Waals surface area contributed by atoms with Gasteiger partial charge in [0.25, 0.3) is 0 Å². The van der Waals surface area contributed by atoms with Crippen molar-refractivity contribution in [2.45, 2.75) is 6.36 Å². The summed E-state index contributed by atoms with van der Waals surface area (Å²) in [5.41, 5.74) is 0. The predicted octanol–water partition coefficient (Wildman–Crippen LogP) is -2.28. The largest absolute Gasteiger partial charge is 1.00 e. The van der Waals surface area contributed by atoms with Crippen LogP contribution in [0, 0.1) is 10.1 Å². The van der Waals surface area contributed by atoms with Crippen molar-refractivity contribution in [2.75, 3.05) is 0 Å². The SMILES string of the molecule is O=[N+]([O-])OC(F)(F)F.[Li+]. The number of rotatable bonds is 1. The van der Waals surface area contributed by atoms with E-state index >= 15 is 0 Å². The molecular weight excluding hydrogens is 138 g/mol. The van der Waals surface area contributed by atoms with Gasteiger partial charge in [-0.25, -0.2) is 4.84 Å². The Hall–Kier alpha value is -0.413. The summed E-state index contributed by atoms with van der Waals surface area (Å²) in [5.74, 6) is 0. The van der Waals surface area contributed by atoms with Crippen molar-refractivity contribution in [1.82, 2.24) is 0 Å². The van der Waals surface area contributed by atoms with Crippen LogP contribution < -0.4 is 18.9 Å². The van der Waals surface area contributed by atoms with Gasteiger partial charge in [-0.05, 0) is 0 Å². The minimum Gasteiger partial charge on any atom is -0.201 e. The van der Waals surface area contributed by atoms with E-state index < -0.39 is 11.4 Å². The minimum atomic E-state index is -5.18. The second-order valence-electron chi connectivity index (χ2n) is 0.761. The van der Waals surface area contributed by atoms with Crippen LogP contribution in [0.25, 0.3) is 0 Å². The van der Waals surface area contributed by atoms with E-state index in [-0.39, 0.29) is 18.9 Å². The van der Waals surface area contributed by atoms with Crippen LogP contribution in [-0.4, -0.2) is 11.4 Å². The van der Waals surface area contributed by atoms with E-state index in [1.807, 2.05) is 0 Å². The molecule has 0 amide bonds. The summed E-state index contributed by atoms with van der Waals surface area (Å²) in [5, 5.41) is 6.96. The average Bonchev–Trinajstić information content (AvgIpc) is 1.21. The zero-order chi connectivity index (χ0) is 6.78. The van der Waals surface area contributed by atoms with Crippen molar-refractivity contribution < 1.29 is 42.0 Å². The third-order valence-corrected chi connectivity index (χ3v) is 0.178. The van der Waals surface area contributed by atoms with Crippen LogP contribution in [0.2, 0.25) is 0 Å². The molecule has 0 aliphatic carbocycles. The van der Waals surface area contributed by atoms with Crippen LogP contribution in [0.15, 0.2) is 0 Å². The first kappa shape index (κ1) is 11.4. The van der Waals surface area contributed by atoms with Crippen molar-refractivity contribution >= 4 is 0 Å². The maximum absolute atomic E-state index is 10.6. The maximum Gasteiger partial charge on any atom is 1.00 e. The van der Waals surface area contributed by atoms with E-state index in [0.29, 0.717) is 0 Å². The number of halogens is 3. The molecule has 0 saturated carbocycles. The van der Waals surface area contributed by atoms with Gasteiger partial charge in [0.15, 0.2) is 0 Å². The fourth-order valence-electron chi connectivity index (χ4n) is 0.0845. The van der Waals surface area contributed by atoms with E-state index in [1.54, 1.807) is 0 Å². The van der Waals surface area contributed by atoms with Gasteiger partial charge in [0.2, 0.25) is 0 Å². The smallest absolute Gasteiger partial charge is 0.201 e. The summed E-state index contributed by atoms with van der Waals surface area (Å²) in [6.45, 7) is 0. The quantitative estimate of drug-likeness (QED) is 0.233. The molecule has 0 heterocycles. The Morgan fingerprint density at radius 3 is 1.78 bits per heavy atom. The molecule has 0 fully saturated rings. The molecule has 0 unspecified atom stereocenters. The third kappa shape index (κ3) is 11.3. The molecule has 0 bridgehead atoms. The van der Waals surface area contributed by atoms with Gasteiger partial charge in [0.1, 0.15) is 0 Å². The molecule has 0 saturated heterocycles. The van der Waals surface area contributed by atoms with Crippen LogP contribution >= 0.6 is 0 Å². The number of nitrogens with zero attached hydrogens (tertiary/aromatic N) is 1. The molecule has 0 aromatic carbocycles. The standard InChI is InChI=1S/CF3NO3.Li/c2-1(3,4)8-5(6)7;/q;+1. The molecule has 0 aromatic rings. The molecular formula is CF3LiNO3+. The van der Waals surface area contributed by atoms with E-state index in [0.717, 1.165) is 0 Å². The fourth-order valence-corrected chi connectivity index (χ4v) is 0.0845. The normalized spacial score (nSPS) is 9.67. The van der Waals surface area contributed by atoms with Crippen LogP contribution in [0.5, 0.6) is 0 Å². The van der Waals surface area contributed by atoms with Gasteiger partial charge < -0.3 is 0 Å². The predicted molar refractivity (Wildman–Crippen MR) is 14.1 cm³/mol. The topological polar surface area (TPSA) is 52.4 Å². The molecule has 0 spiro atoms. The van der Waals surface area contributed by atoms with E-state index in [4.69, 9.17) is 10.1 Å². The van der Waals surface area contributed by atoms with Gasteiger partial charge >= 0.3 is 30.3 Å². The van der Waals surface area contributed by atoms with Crippen molar-refractivity contribution in [2.24, 2.45) is 0 Å². The minimum absolute atomic E-state index is 0. The van der Waals surface area contributed by atoms with Crippen LogP contribution in [0.1, 0.15) is 0 Å². The Labute approximate surface area is 59.3 Å². The van der Waals surface area contributed by atoms with Gasteiger partial charge in [-0.1, -0.05) is 0 Å². The van der Waals surface area contributed by atoms with Gasteiger partial charge in [-0.2, -0.15) is 0 Å². The summed E-state index contributed by atoms with van der Waals surface area (Å²) in [4.78, 5) is 11.0. The van der Waals surface area contributed by atoms with E-state index in [1.165, 1.54) is 0 Å². The summed E-state index contributed by atoms with van der Waals surface area (Å²) >= 11 is 0. The van der Waals surface area contributed by atoms with Gasteiger partial charge in [-0.15, -0.1) is 23.3 Å². The molecule has 0 N–H and O–H groups in total. The molecule has 0 radical (unpaired) electrons. The van der Waals surface area contributed by atoms with E-state index in [9.17, 15) is 13.2 Å². The van der Waals surface area contributed by atoms with Crippen molar-refractivity contribution in [3.05, 3.63) is 10.1 Å². The fraction of sp³-hybridized carbons (Fsp3) is 1.00. The molecule has 0 aliphatic heterocycles. The molecule has 8 heteroatoms. The number of hydrogen-bond acceptors (Lipinski definition) is 3. The summed E-state index contributed by atoms with van der Waals surface area (Å²) in [6, 6.07) is 0. The molecule has 0 rings (SSSR count). The Morgan fingerprint density at radius 2 is 1.78 bits per heavy atom. The Balaban J connectivity index is 0. The molecule has 4 nitrogen and oxygen atoms in total. The molecule has 0 atom stereocenters. The van der Waals surface area contributed by atoms with Crippen molar-refractivity contribution in [3.8, 4) is 0 Å². The number of hydrogen-bond donors (Lipinski definition) is 0. The molecule has 0 aliphatic rings. The number of alkyl halides is 3. The Bertz CT molecular complexity index is 102. The zero-order valence-corrected chi connectivity index (χ0v) is 4.31. The van der Waals surface area contributed by atoms with Gasteiger partial charge in [0.05, 0.1) is 0 Å². The second kappa shape index (κ2) is 3.58. The molecule has 0 aromatic heterocycles. The summed E-state index contributed by atoms with van der Waals surface area (Å²) in [7, 11) is 0. The zero-order valence-electron chi connectivity index (χ0n) is 4.31. The van der Waals surface area contributed by atoms with Crippen molar-refractivity contribution in [1.29, 1.82) is 0 Å². The monoisotopic (exact) mass is 138 g/mol. The van der Waals surface area contributed by atoms with Gasteiger partial charge in [-0.3, -0.25) is 0 Å². The summed E-state index contributed by atoms with van der Waals surface area (Å²) in [6.07, 6.45) is -5.18. The van der Waals surface area contributed by atoms with Crippen LogP contribution in [0.4, 0.5) is 13.2 Å². The Morgan fingerprint density at radius 1 is 1.44 bits per heavy atom. The third-order valence-electron chi connectivity index (χ3n) is 0.178. The molecule has 9 heavy (non-hydrogen) atoms. The van der Waals surface area contributed by atoms with Crippen LogP contribution in [-0.2, 0) is 4.84 Å². The van der Waals surface area contributed by atoms with E-state index in [2.05, 4.69) is 4.84 Å². The second-order valence-corrected chi connectivity index (χ2v) is 0.761. The average molecular weight is 138 g/mol. The Kier molecular flexibility index (Phi) is 4.53.